The third-order valence-corrected chi connectivity index (χ3v) is 0. The Kier molecular flexibility index (Phi) is 214. The van der Waals surface area contributed by atoms with E-state index in [4.69, 9.17) is 0 Å². The van der Waals surface area contributed by atoms with Crippen LogP contribution in [0.25, 0.3) is 0 Å². The molecule has 0 aliphatic rings. The Balaban J connectivity index is -0.00000000667. The molecule has 0 rings (SSSR count). The first kappa shape index (κ1) is 29.8. The maximum atomic E-state index is 3.25. The van der Waals surface area contributed by atoms with Gasteiger partial charge in [0, 0.05) is 32.7 Å². The Labute approximate surface area is 66.9 Å². The minimum absolute atomic E-state index is 0. The van der Waals surface area contributed by atoms with Crippen molar-refractivity contribution in [2.45, 2.75) is 14.9 Å². The second-order valence-corrected chi connectivity index (χ2v) is 0.289. The molecule has 0 amide bonds. The third kappa shape index (κ3) is 128. The normalized spacial score (nSPS) is 2.00. The summed E-state index contributed by atoms with van der Waals surface area (Å²) in [7, 11) is 0. The summed E-state index contributed by atoms with van der Waals surface area (Å²) in [5.74, 6) is 0. The molecule has 0 aromatic carbocycles. The Morgan fingerprint density at radius 3 is 1.33 bits per heavy atom. The van der Waals surface area contributed by atoms with Crippen LogP contribution in [0, 0.1) is 6.92 Å². The maximum absolute atomic E-state index is 3.25. The van der Waals surface area contributed by atoms with E-state index >= 15 is 0 Å². The first-order valence-corrected chi connectivity index (χ1v) is 0.816. The Morgan fingerprint density at radius 1 is 1.33 bits per heavy atom. The van der Waals surface area contributed by atoms with Crippen LogP contribution in [0.2, 0.25) is 0 Å². The molecular formula is C5H13Y-. The van der Waals surface area contributed by atoms with Crippen LogP contribution < -0.4 is 0 Å². The molecule has 0 saturated carbocycles. The monoisotopic (exact) mass is 162 g/mol. The summed E-state index contributed by atoms with van der Waals surface area (Å²) in [6.45, 7) is 6.50. The minimum Gasteiger partial charge on any atom is -0.245 e. The third-order valence-electron chi connectivity index (χ3n) is 0. The SMILES string of the molecule is C.C.C=C[CH2-].[Y]. The molecule has 6 heavy (non-hydrogen) atoms. The van der Waals surface area contributed by atoms with Crippen LogP contribution in [-0.4, -0.2) is 0 Å². The summed E-state index contributed by atoms with van der Waals surface area (Å²) in [5.41, 5.74) is 0. The van der Waals surface area contributed by atoms with Crippen LogP contribution in [0.15, 0.2) is 12.7 Å². The smallest absolute Gasteiger partial charge is 0 e. The van der Waals surface area contributed by atoms with Crippen LogP contribution in [0.1, 0.15) is 14.9 Å². The molecule has 0 aromatic rings. The van der Waals surface area contributed by atoms with Gasteiger partial charge in [-0.2, -0.15) is 0 Å². The van der Waals surface area contributed by atoms with Crippen molar-refractivity contribution in [1.29, 1.82) is 0 Å². The zero-order valence-electron chi connectivity index (χ0n) is 2.57. The number of hydrogen-bond donors (Lipinski definition) is 0. The van der Waals surface area contributed by atoms with Crippen molar-refractivity contribution in [1.82, 2.24) is 0 Å². The van der Waals surface area contributed by atoms with E-state index in [1.54, 1.807) is 0 Å². The van der Waals surface area contributed by atoms with Crippen molar-refractivity contribution in [3.63, 3.8) is 0 Å². The van der Waals surface area contributed by atoms with Crippen molar-refractivity contribution < 1.29 is 32.7 Å². The first-order chi connectivity index (χ1) is 1.41. The summed E-state index contributed by atoms with van der Waals surface area (Å²) in [5, 5.41) is 0. The molecule has 0 N–H and O–H groups in total. The molecule has 1 radical (unpaired) electrons. The van der Waals surface area contributed by atoms with Gasteiger partial charge < -0.3 is 0 Å². The van der Waals surface area contributed by atoms with E-state index in [0.29, 0.717) is 0 Å². The van der Waals surface area contributed by atoms with E-state index in [9.17, 15) is 0 Å². The average molecular weight is 162 g/mol. The quantitative estimate of drug-likeness (QED) is 0.479. The van der Waals surface area contributed by atoms with E-state index in [1.165, 1.54) is 6.08 Å². The summed E-state index contributed by atoms with van der Waals surface area (Å²) < 4.78 is 0. The van der Waals surface area contributed by atoms with Crippen LogP contribution in [0.5, 0.6) is 0 Å². The molecule has 37 valence electrons. The van der Waals surface area contributed by atoms with Crippen molar-refractivity contribution in [3.8, 4) is 0 Å². The largest absolute Gasteiger partial charge is 0.245 e. The summed E-state index contributed by atoms with van der Waals surface area (Å²) >= 11 is 0. The van der Waals surface area contributed by atoms with Crippen LogP contribution in [-0.2, 0) is 32.7 Å². The fourth-order valence-electron chi connectivity index (χ4n) is 0. The van der Waals surface area contributed by atoms with Crippen LogP contribution in [0.3, 0.4) is 0 Å². The molecule has 0 fully saturated rings. The number of rotatable bonds is 0. The fourth-order valence-corrected chi connectivity index (χ4v) is 0. The van der Waals surface area contributed by atoms with Gasteiger partial charge in [0.1, 0.15) is 0 Å². The van der Waals surface area contributed by atoms with Gasteiger partial charge in [-0.3, -0.25) is 0 Å². The predicted molar refractivity (Wildman–Crippen MR) is 29.0 cm³/mol. The molecule has 0 atom stereocenters. The van der Waals surface area contributed by atoms with Gasteiger partial charge in [0.15, 0.2) is 0 Å². The molecule has 0 aliphatic heterocycles. The van der Waals surface area contributed by atoms with Crippen molar-refractivity contribution >= 4 is 0 Å². The maximum Gasteiger partial charge on any atom is 0 e. The molecule has 0 aromatic heterocycles. The first-order valence-electron chi connectivity index (χ1n) is 0.816. The topological polar surface area (TPSA) is 0 Å². The van der Waals surface area contributed by atoms with E-state index < -0.39 is 0 Å². The van der Waals surface area contributed by atoms with Gasteiger partial charge in [-0.1, -0.05) is 14.9 Å². The van der Waals surface area contributed by atoms with Crippen LogP contribution >= 0.6 is 0 Å². The molecule has 0 nitrogen and oxygen atoms in total. The van der Waals surface area contributed by atoms with Gasteiger partial charge in [0.2, 0.25) is 0 Å². The Morgan fingerprint density at radius 2 is 1.33 bits per heavy atom. The van der Waals surface area contributed by atoms with E-state index in [0.717, 1.165) is 0 Å². The number of allylic oxidation sites excluding steroid dienone is 1. The zero-order chi connectivity index (χ0) is 2.71. The van der Waals surface area contributed by atoms with Gasteiger partial charge in [-0.05, 0) is 0 Å². The second-order valence-electron chi connectivity index (χ2n) is 0.289. The van der Waals surface area contributed by atoms with Gasteiger partial charge in [0.25, 0.3) is 0 Å². The van der Waals surface area contributed by atoms with Gasteiger partial charge in [-0.25, -0.2) is 19.6 Å². The predicted octanol–water partition coefficient (Wildman–Crippen LogP) is 2.28. The molecule has 0 saturated heterocycles. The minimum atomic E-state index is 0. The fraction of sp³-hybridized carbons (Fsp3) is 0.400. The Bertz CT molecular complexity index is 11.4. The molecule has 0 aliphatic carbocycles. The summed E-state index contributed by atoms with van der Waals surface area (Å²) in [4.78, 5) is 0. The molecule has 0 bridgehead atoms. The van der Waals surface area contributed by atoms with Gasteiger partial charge >= 0.3 is 0 Å². The summed E-state index contributed by atoms with van der Waals surface area (Å²) in [6, 6.07) is 0. The van der Waals surface area contributed by atoms with Crippen molar-refractivity contribution in [2.24, 2.45) is 0 Å². The van der Waals surface area contributed by atoms with Crippen molar-refractivity contribution in [2.75, 3.05) is 0 Å². The zero-order valence-corrected chi connectivity index (χ0v) is 5.41. The van der Waals surface area contributed by atoms with E-state index in [1.807, 2.05) is 0 Å². The summed E-state index contributed by atoms with van der Waals surface area (Å²) in [6.07, 6.45) is 1.50. The van der Waals surface area contributed by atoms with Gasteiger partial charge in [-0.15, -0.1) is 0 Å². The molecule has 0 heterocycles. The molecule has 1 heteroatoms. The molecular weight excluding hydrogens is 149 g/mol. The molecule has 0 spiro atoms. The number of hydrogen-bond acceptors (Lipinski definition) is 0. The Hall–Kier alpha value is 0.714. The second kappa shape index (κ2) is 43.2. The van der Waals surface area contributed by atoms with E-state index in [-0.39, 0.29) is 47.6 Å². The molecule has 0 unspecified atom stereocenters. The van der Waals surface area contributed by atoms with Crippen molar-refractivity contribution in [3.05, 3.63) is 19.6 Å². The van der Waals surface area contributed by atoms with Crippen LogP contribution in [0.4, 0.5) is 0 Å². The average Bonchev–Trinajstić information content (AvgIpc) is 0.918. The standard InChI is InChI=1S/C3H5.2CH4.Y/c1-3-2;;;/h3H,1-2H2;2*1H4;/q-1;;;. The van der Waals surface area contributed by atoms with Gasteiger partial charge in [0.05, 0.1) is 0 Å². The van der Waals surface area contributed by atoms with E-state index in [2.05, 4.69) is 13.5 Å².